The molecule has 11 heteroatoms. The van der Waals surface area contributed by atoms with Crippen LogP contribution < -0.4 is 11.3 Å². The number of likely N-dealkylation sites (N-methyl/N-ethyl adjacent to an activating group) is 1. The summed E-state index contributed by atoms with van der Waals surface area (Å²) in [5, 5.41) is 19.5. The molecule has 0 spiro atoms. The van der Waals surface area contributed by atoms with Gasteiger partial charge in [0, 0.05) is 19.2 Å². The molecule has 0 atom stereocenters. The average molecular weight is 322 g/mol. The first-order chi connectivity index (χ1) is 9.79. The van der Waals surface area contributed by atoms with Crippen molar-refractivity contribution < 1.29 is 22.8 Å². The van der Waals surface area contributed by atoms with E-state index in [-0.39, 0.29) is 13.1 Å². The number of aliphatic hydroxyl groups excluding tert-OH is 1. The van der Waals surface area contributed by atoms with Crippen molar-refractivity contribution in [3.05, 3.63) is 28.1 Å². The molecule has 0 fully saturated rings. The Balaban J connectivity index is 3.51. The summed E-state index contributed by atoms with van der Waals surface area (Å²) in [6, 6.07) is 1.32. The summed E-state index contributed by atoms with van der Waals surface area (Å²) in [5.41, 5.74) is 0.879. The van der Waals surface area contributed by atoms with Gasteiger partial charge >= 0.3 is 0 Å². The second-order valence-electron chi connectivity index (χ2n) is 3.93. The molecule has 21 heavy (non-hydrogen) atoms. The van der Waals surface area contributed by atoms with Crippen LogP contribution in [0.5, 0.6) is 0 Å². The average Bonchev–Trinajstić information content (AvgIpc) is 2.42. The number of non-ortho nitro benzene ring substituents is 1. The van der Waals surface area contributed by atoms with Crippen LogP contribution in [0.15, 0.2) is 17.0 Å². The number of hydrazine groups is 1. The number of nitrogens with two attached hydrogens (primary N) is 1. The number of nitrogens with one attached hydrogen (secondary N) is 1. The van der Waals surface area contributed by atoms with Crippen LogP contribution in [-0.2, 0) is 10.0 Å². The molecule has 0 bridgehead atoms. The van der Waals surface area contributed by atoms with Gasteiger partial charge in [-0.15, -0.1) is 0 Å². The Bertz CT molecular complexity index is 637. The van der Waals surface area contributed by atoms with Crippen LogP contribution in [0.2, 0.25) is 0 Å². The van der Waals surface area contributed by atoms with E-state index in [1.54, 1.807) is 0 Å². The molecule has 0 saturated carbocycles. The SMILES string of the molecule is CCN(CCO)S(=O)(=O)c1c(F)cc([N+](=O)[O-])cc1NN. The molecule has 1 rings (SSSR count). The van der Waals surface area contributed by atoms with Crippen molar-refractivity contribution in [3.63, 3.8) is 0 Å². The van der Waals surface area contributed by atoms with Crippen LogP contribution in [0.4, 0.5) is 15.8 Å². The zero-order valence-corrected chi connectivity index (χ0v) is 11.9. The normalized spacial score (nSPS) is 11.7. The predicted molar refractivity (Wildman–Crippen MR) is 72.4 cm³/mol. The van der Waals surface area contributed by atoms with Gasteiger partial charge in [0.05, 0.1) is 23.3 Å². The molecule has 4 N–H and O–H groups in total. The Hall–Kier alpha value is -1.82. The van der Waals surface area contributed by atoms with E-state index >= 15 is 0 Å². The van der Waals surface area contributed by atoms with Crippen LogP contribution in [0.25, 0.3) is 0 Å². The van der Waals surface area contributed by atoms with E-state index in [4.69, 9.17) is 10.9 Å². The Kier molecular flexibility index (Phi) is 5.54. The van der Waals surface area contributed by atoms with E-state index in [0.29, 0.717) is 6.07 Å². The Labute approximate surface area is 120 Å². The second-order valence-corrected chi connectivity index (χ2v) is 5.80. The fourth-order valence-corrected chi connectivity index (χ4v) is 3.36. The third kappa shape index (κ3) is 3.44. The van der Waals surface area contributed by atoms with Gasteiger partial charge in [-0.1, -0.05) is 6.92 Å². The number of anilines is 1. The van der Waals surface area contributed by atoms with Gasteiger partial charge in [0.2, 0.25) is 10.0 Å². The number of nitrogen functional groups attached to an aromatic ring is 1. The minimum atomic E-state index is -4.30. The van der Waals surface area contributed by atoms with Crippen molar-refractivity contribution in [3.8, 4) is 0 Å². The molecule has 0 unspecified atom stereocenters. The van der Waals surface area contributed by atoms with Crippen molar-refractivity contribution in [2.24, 2.45) is 5.84 Å². The van der Waals surface area contributed by atoms with Gasteiger partial charge in [0.1, 0.15) is 4.90 Å². The highest BCUT2D eigenvalue weighted by atomic mass is 32.2. The summed E-state index contributed by atoms with van der Waals surface area (Å²) in [5.74, 6) is 3.83. The van der Waals surface area contributed by atoms with Gasteiger partial charge < -0.3 is 10.5 Å². The maximum atomic E-state index is 14.0. The number of hydrogen-bond acceptors (Lipinski definition) is 7. The summed E-state index contributed by atoms with van der Waals surface area (Å²) >= 11 is 0. The lowest BCUT2D eigenvalue weighted by Gasteiger charge is -2.21. The van der Waals surface area contributed by atoms with E-state index in [2.05, 4.69) is 0 Å². The summed E-state index contributed by atoms with van der Waals surface area (Å²) in [7, 11) is -4.30. The van der Waals surface area contributed by atoms with Gasteiger partial charge in [0.25, 0.3) is 5.69 Å². The van der Waals surface area contributed by atoms with Gasteiger partial charge in [-0.2, -0.15) is 4.31 Å². The molecule has 118 valence electrons. The highest BCUT2D eigenvalue weighted by molar-refractivity contribution is 7.89. The van der Waals surface area contributed by atoms with Crippen LogP contribution in [0.1, 0.15) is 6.92 Å². The lowest BCUT2D eigenvalue weighted by atomic mass is 10.3. The number of aliphatic hydroxyl groups is 1. The summed E-state index contributed by atoms with van der Waals surface area (Å²) in [6.07, 6.45) is 0. The van der Waals surface area contributed by atoms with E-state index in [1.807, 2.05) is 5.43 Å². The van der Waals surface area contributed by atoms with Crippen molar-refractivity contribution in [2.45, 2.75) is 11.8 Å². The molecule has 0 radical (unpaired) electrons. The van der Waals surface area contributed by atoms with Gasteiger partial charge in [-0.25, -0.2) is 12.8 Å². The molecular weight excluding hydrogens is 307 g/mol. The summed E-state index contributed by atoms with van der Waals surface area (Å²) < 4.78 is 39.5. The van der Waals surface area contributed by atoms with E-state index in [1.165, 1.54) is 6.92 Å². The van der Waals surface area contributed by atoms with Crippen molar-refractivity contribution in [1.29, 1.82) is 0 Å². The molecule has 9 nitrogen and oxygen atoms in total. The molecule has 1 aromatic carbocycles. The molecule has 0 amide bonds. The molecular formula is C10H15FN4O5S. The Morgan fingerprint density at radius 1 is 1.52 bits per heavy atom. The largest absolute Gasteiger partial charge is 0.395 e. The van der Waals surface area contributed by atoms with Gasteiger partial charge in [0.15, 0.2) is 5.82 Å². The van der Waals surface area contributed by atoms with Crippen LogP contribution in [0, 0.1) is 15.9 Å². The maximum Gasteiger partial charge on any atom is 0.274 e. The highest BCUT2D eigenvalue weighted by Gasteiger charge is 2.31. The minimum absolute atomic E-state index is 0.0106. The smallest absolute Gasteiger partial charge is 0.274 e. The molecule has 1 aromatic rings. The monoisotopic (exact) mass is 322 g/mol. The molecule has 0 aliphatic rings. The first-order valence-electron chi connectivity index (χ1n) is 5.85. The molecule has 0 aliphatic heterocycles. The number of halogens is 1. The van der Waals surface area contributed by atoms with Crippen LogP contribution >= 0.6 is 0 Å². The second kappa shape index (κ2) is 6.76. The van der Waals surface area contributed by atoms with Crippen molar-refractivity contribution >= 4 is 21.4 Å². The van der Waals surface area contributed by atoms with Gasteiger partial charge in [-0.05, 0) is 0 Å². The third-order valence-electron chi connectivity index (χ3n) is 2.69. The van der Waals surface area contributed by atoms with Gasteiger partial charge in [-0.3, -0.25) is 16.0 Å². The maximum absolute atomic E-state index is 14.0. The zero-order valence-electron chi connectivity index (χ0n) is 11.1. The molecule has 0 aliphatic carbocycles. The fourth-order valence-electron chi connectivity index (χ4n) is 1.74. The summed E-state index contributed by atoms with van der Waals surface area (Å²) in [4.78, 5) is 8.98. The van der Waals surface area contributed by atoms with E-state index < -0.39 is 43.6 Å². The van der Waals surface area contributed by atoms with Crippen molar-refractivity contribution in [1.82, 2.24) is 4.31 Å². The Morgan fingerprint density at radius 2 is 2.14 bits per heavy atom. The zero-order chi connectivity index (χ0) is 16.2. The molecule has 0 saturated heterocycles. The fraction of sp³-hybridized carbons (Fsp3) is 0.400. The Morgan fingerprint density at radius 3 is 2.57 bits per heavy atom. The highest BCUT2D eigenvalue weighted by Crippen LogP contribution is 2.31. The topological polar surface area (TPSA) is 139 Å². The first kappa shape index (κ1) is 17.2. The number of nitro groups is 1. The molecule has 0 heterocycles. The first-order valence-corrected chi connectivity index (χ1v) is 7.29. The third-order valence-corrected chi connectivity index (χ3v) is 4.75. The van der Waals surface area contributed by atoms with E-state index in [0.717, 1.165) is 10.4 Å². The number of nitro benzene ring substituents is 1. The number of rotatable bonds is 7. The standard InChI is InChI=1S/C10H15FN4O5S/c1-2-14(3-4-16)21(19,20)10-8(11)5-7(15(17)18)6-9(10)13-12/h5-6,13,16H,2-4,12H2,1H3. The van der Waals surface area contributed by atoms with Crippen molar-refractivity contribution in [2.75, 3.05) is 25.1 Å². The number of hydrogen-bond donors (Lipinski definition) is 3. The predicted octanol–water partition coefficient (Wildman–Crippen LogP) is 0.0224. The number of nitrogens with zero attached hydrogens (tertiary/aromatic N) is 2. The lowest BCUT2D eigenvalue weighted by molar-refractivity contribution is -0.385. The van der Waals surface area contributed by atoms with Crippen LogP contribution in [0.3, 0.4) is 0 Å². The summed E-state index contributed by atoms with van der Waals surface area (Å²) in [6.45, 7) is 0.807. The number of sulfonamides is 1. The minimum Gasteiger partial charge on any atom is -0.395 e. The molecule has 0 aromatic heterocycles. The lowest BCUT2D eigenvalue weighted by Crippen LogP contribution is -2.34. The van der Waals surface area contributed by atoms with E-state index in [9.17, 15) is 22.9 Å². The van der Waals surface area contributed by atoms with Crippen LogP contribution in [-0.4, -0.2) is 42.4 Å². The quantitative estimate of drug-likeness (QED) is 0.365. The number of benzene rings is 1.